The summed E-state index contributed by atoms with van der Waals surface area (Å²) in [5, 5.41) is 0.877. The van der Waals surface area contributed by atoms with Crippen molar-refractivity contribution < 1.29 is 18.7 Å². The van der Waals surface area contributed by atoms with Crippen molar-refractivity contribution >= 4 is 44.8 Å². The third-order valence-electron chi connectivity index (χ3n) is 7.52. The van der Waals surface area contributed by atoms with E-state index in [9.17, 15) is 9.18 Å². The highest BCUT2D eigenvalue weighted by molar-refractivity contribution is 9.10. The van der Waals surface area contributed by atoms with Crippen LogP contribution in [0.3, 0.4) is 0 Å². The second kappa shape index (κ2) is 12.7. The monoisotopic (exact) mass is 600 g/mol. The quantitative estimate of drug-likeness (QED) is 0.301. The van der Waals surface area contributed by atoms with Crippen LogP contribution in [-0.2, 0) is 11.4 Å². The molecule has 3 fully saturated rings. The van der Waals surface area contributed by atoms with Crippen LogP contribution < -0.4 is 9.47 Å². The van der Waals surface area contributed by atoms with E-state index in [0.717, 1.165) is 59.3 Å². The van der Waals surface area contributed by atoms with E-state index in [1.165, 1.54) is 49.6 Å². The van der Waals surface area contributed by atoms with Crippen molar-refractivity contribution in [3.05, 3.63) is 62.7 Å². The second-order valence-corrected chi connectivity index (χ2v) is 12.1. The fourth-order valence-electron chi connectivity index (χ4n) is 5.42. The topological polar surface area (TPSA) is 51.1 Å². The number of amides is 1. The molecule has 5 nitrogen and oxygen atoms in total. The molecule has 3 aliphatic rings. The van der Waals surface area contributed by atoms with Crippen LogP contribution in [0, 0.1) is 5.82 Å². The van der Waals surface area contributed by atoms with Gasteiger partial charge in [-0.05, 0) is 78.9 Å². The lowest BCUT2D eigenvalue weighted by atomic mass is 9.94. The molecule has 2 aromatic carbocycles. The number of halogens is 2. The van der Waals surface area contributed by atoms with Crippen molar-refractivity contribution in [2.75, 3.05) is 7.11 Å². The fourth-order valence-corrected chi connectivity index (χ4v) is 6.96. The number of ether oxygens (including phenoxy) is 2. The Kier molecular flexibility index (Phi) is 9.10. The van der Waals surface area contributed by atoms with Crippen LogP contribution in [0.4, 0.5) is 4.39 Å². The van der Waals surface area contributed by atoms with Crippen molar-refractivity contribution in [1.29, 1.82) is 0 Å². The van der Waals surface area contributed by atoms with Crippen LogP contribution in [-0.4, -0.2) is 35.2 Å². The first-order chi connectivity index (χ1) is 18.5. The third kappa shape index (κ3) is 6.45. The molecular formula is C30H34BrFN2O3S. The SMILES string of the molecule is COc1cc(C=C2SC(=NC3CCCCC3)N(C3CCCCC3)C2=O)c(Br)cc1OCc1ccc(F)cc1. The van der Waals surface area contributed by atoms with Gasteiger partial charge in [-0.15, -0.1) is 0 Å². The molecule has 1 aliphatic heterocycles. The maximum atomic E-state index is 13.7. The lowest BCUT2D eigenvalue weighted by Crippen LogP contribution is -2.41. The summed E-state index contributed by atoms with van der Waals surface area (Å²) in [6.45, 7) is 0.287. The zero-order valence-corrected chi connectivity index (χ0v) is 24.2. The smallest absolute Gasteiger partial charge is 0.267 e. The van der Waals surface area contributed by atoms with Crippen LogP contribution in [0.5, 0.6) is 11.5 Å². The third-order valence-corrected chi connectivity index (χ3v) is 9.21. The molecule has 5 rings (SSSR count). The highest BCUT2D eigenvalue weighted by atomic mass is 79.9. The van der Waals surface area contributed by atoms with Gasteiger partial charge >= 0.3 is 0 Å². The standard InChI is InChI=1S/C30H34BrFN2O3S/c1-36-26-16-21(25(31)18-27(26)37-19-20-12-14-22(32)15-13-20)17-28-29(35)34(24-10-6-3-7-11-24)30(38-28)33-23-8-4-2-5-9-23/h12-18,23-24H,2-11,19H2,1H3. The van der Waals surface area contributed by atoms with Gasteiger partial charge in [-0.1, -0.05) is 66.6 Å². The molecule has 0 aromatic heterocycles. The van der Waals surface area contributed by atoms with Crippen LogP contribution in [0.1, 0.15) is 75.3 Å². The van der Waals surface area contributed by atoms with Crippen molar-refractivity contribution in [1.82, 2.24) is 4.90 Å². The van der Waals surface area contributed by atoms with Gasteiger partial charge in [-0.3, -0.25) is 14.7 Å². The van der Waals surface area contributed by atoms with Gasteiger partial charge in [0.05, 0.1) is 18.1 Å². The first kappa shape index (κ1) is 27.3. The van der Waals surface area contributed by atoms with Crippen molar-refractivity contribution in [2.24, 2.45) is 4.99 Å². The Morgan fingerprint density at radius 2 is 1.71 bits per heavy atom. The highest BCUT2D eigenvalue weighted by Crippen LogP contribution is 2.41. The van der Waals surface area contributed by atoms with Gasteiger partial charge < -0.3 is 9.47 Å². The highest BCUT2D eigenvalue weighted by Gasteiger charge is 2.39. The predicted molar refractivity (Wildman–Crippen MR) is 155 cm³/mol. The number of thioether (sulfide) groups is 1. The molecule has 8 heteroatoms. The summed E-state index contributed by atoms with van der Waals surface area (Å²) in [6.07, 6.45) is 13.5. The number of benzene rings is 2. The molecule has 0 bridgehead atoms. The number of carbonyl (C=O) groups excluding carboxylic acids is 1. The van der Waals surface area contributed by atoms with Crippen LogP contribution in [0.15, 0.2) is 50.8 Å². The van der Waals surface area contributed by atoms with Gasteiger partial charge in [0.2, 0.25) is 0 Å². The summed E-state index contributed by atoms with van der Waals surface area (Å²) in [5.41, 5.74) is 1.70. The minimum absolute atomic E-state index is 0.0546. The van der Waals surface area contributed by atoms with Crippen molar-refractivity contribution in [2.45, 2.75) is 82.9 Å². The van der Waals surface area contributed by atoms with Crippen LogP contribution >= 0.6 is 27.7 Å². The zero-order chi connectivity index (χ0) is 26.5. The van der Waals surface area contributed by atoms with E-state index in [4.69, 9.17) is 14.5 Å². The van der Waals surface area contributed by atoms with Crippen molar-refractivity contribution in [3.63, 3.8) is 0 Å². The number of hydrogen-bond donors (Lipinski definition) is 0. The molecule has 2 saturated carbocycles. The molecule has 0 spiro atoms. The molecule has 202 valence electrons. The maximum Gasteiger partial charge on any atom is 0.267 e. The number of aliphatic imine (C=N–C) groups is 1. The van der Waals surface area contributed by atoms with Gasteiger partial charge in [0, 0.05) is 10.5 Å². The lowest BCUT2D eigenvalue weighted by Gasteiger charge is -2.31. The average molecular weight is 602 g/mol. The molecular weight excluding hydrogens is 567 g/mol. The Labute approximate surface area is 237 Å². The Bertz CT molecular complexity index is 1200. The van der Waals surface area contributed by atoms with E-state index in [1.807, 2.05) is 23.1 Å². The molecule has 2 aliphatic carbocycles. The summed E-state index contributed by atoms with van der Waals surface area (Å²) in [4.78, 5) is 21.5. The van der Waals surface area contributed by atoms with E-state index in [1.54, 1.807) is 19.2 Å². The Balaban J connectivity index is 1.39. The van der Waals surface area contributed by atoms with Gasteiger partial charge in [-0.25, -0.2) is 4.39 Å². The van der Waals surface area contributed by atoms with Gasteiger partial charge in [0.1, 0.15) is 12.4 Å². The first-order valence-corrected chi connectivity index (χ1v) is 15.2. The van der Waals surface area contributed by atoms with E-state index in [0.29, 0.717) is 22.4 Å². The summed E-state index contributed by atoms with van der Waals surface area (Å²) in [5.74, 6) is 0.913. The molecule has 0 atom stereocenters. The molecule has 2 aromatic rings. The maximum absolute atomic E-state index is 13.7. The molecule has 0 unspecified atom stereocenters. The number of amidine groups is 1. The minimum Gasteiger partial charge on any atom is -0.493 e. The summed E-state index contributed by atoms with van der Waals surface area (Å²) in [7, 11) is 1.60. The molecule has 0 radical (unpaired) electrons. The Morgan fingerprint density at radius 1 is 1.03 bits per heavy atom. The minimum atomic E-state index is -0.278. The number of nitrogens with zero attached hydrogens (tertiary/aromatic N) is 2. The van der Waals surface area contributed by atoms with Crippen LogP contribution in [0.2, 0.25) is 0 Å². The molecule has 1 heterocycles. The normalized spacial score (nSPS) is 21.4. The van der Waals surface area contributed by atoms with Crippen LogP contribution in [0.25, 0.3) is 6.08 Å². The van der Waals surface area contributed by atoms with Gasteiger partial charge in [-0.2, -0.15) is 0 Å². The molecule has 0 N–H and O–H groups in total. The Hall–Kier alpha value is -2.32. The second-order valence-electron chi connectivity index (χ2n) is 10.2. The summed E-state index contributed by atoms with van der Waals surface area (Å²) >= 11 is 5.17. The molecule has 1 amide bonds. The Morgan fingerprint density at radius 3 is 2.39 bits per heavy atom. The first-order valence-electron chi connectivity index (χ1n) is 13.6. The summed E-state index contributed by atoms with van der Waals surface area (Å²) in [6, 6.07) is 10.5. The van der Waals surface area contributed by atoms with E-state index < -0.39 is 0 Å². The van der Waals surface area contributed by atoms with E-state index >= 15 is 0 Å². The van der Waals surface area contributed by atoms with Gasteiger partial charge in [0.25, 0.3) is 5.91 Å². The van der Waals surface area contributed by atoms with Crippen molar-refractivity contribution in [3.8, 4) is 11.5 Å². The lowest BCUT2D eigenvalue weighted by molar-refractivity contribution is -0.124. The number of carbonyl (C=O) groups is 1. The number of methoxy groups -OCH3 is 1. The van der Waals surface area contributed by atoms with E-state index in [-0.39, 0.29) is 24.4 Å². The summed E-state index contributed by atoms with van der Waals surface area (Å²) < 4.78 is 25.6. The van der Waals surface area contributed by atoms with E-state index in [2.05, 4.69) is 15.9 Å². The number of rotatable bonds is 7. The molecule has 1 saturated heterocycles. The number of hydrogen-bond acceptors (Lipinski definition) is 5. The zero-order valence-electron chi connectivity index (χ0n) is 21.8. The molecule has 38 heavy (non-hydrogen) atoms. The average Bonchev–Trinajstić information content (AvgIpc) is 3.24. The predicted octanol–water partition coefficient (Wildman–Crippen LogP) is 8.11. The fraction of sp³-hybridized carbons (Fsp3) is 0.467. The van der Waals surface area contributed by atoms with Gasteiger partial charge in [0.15, 0.2) is 16.7 Å². The largest absolute Gasteiger partial charge is 0.493 e.